The van der Waals surface area contributed by atoms with E-state index in [0.29, 0.717) is 5.69 Å². The largest absolute Gasteiger partial charge is 0.452 e. The van der Waals surface area contributed by atoms with Crippen LogP contribution in [0.2, 0.25) is 5.02 Å². The average molecular weight is 425 g/mol. The summed E-state index contributed by atoms with van der Waals surface area (Å²) in [6.07, 6.45) is 1.47. The van der Waals surface area contributed by atoms with Gasteiger partial charge >= 0.3 is 5.97 Å². The maximum atomic E-state index is 12.3. The van der Waals surface area contributed by atoms with Gasteiger partial charge in [-0.15, -0.1) is 0 Å². The predicted octanol–water partition coefficient (Wildman–Crippen LogP) is 2.91. The number of carbonyl (C=O) groups is 2. The molecule has 0 radical (unpaired) electrons. The number of sulfonamides is 1. The smallest absolute Gasteiger partial charge is 0.340 e. The number of carbonyl (C=O) groups excluding carboxylic acids is 2. The highest BCUT2D eigenvalue weighted by Gasteiger charge is 2.18. The van der Waals surface area contributed by atoms with Crippen molar-refractivity contribution in [2.24, 2.45) is 5.14 Å². The first-order valence-corrected chi connectivity index (χ1v) is 10.5. The number of para-hydroxylation sites is 1. The molecule has 28 heavy (non-hydrogen) atoms. The van der Waals surface area contributed by atoms with E-state index >= 15 is 0 Å². The third kappa shape index (κ3) is 5.31. The van der Waals surface area contributed by atoms with Gasteiger partial charge in [0.05, 0.1) is 15.5 Å². The molecule has 3 N–H and O–H groups in total. The quantitative estimate of drug-likeness (QED) is 0.663. The second-order valence-electron chi connectivity index (χ2n) is 5.97. The average Bonchev–Trinajstić information content (AvgIpc) is 2.65. The molecular weight excluding hydrogens is 404 g/mol. The van der Waals surface area contributed by atoms with E-state index < -0.39 is 28.5 Å². The predicted molar refractivity (Wildman–Crippen MR) is 107 cm³/mol. The summed E-state index contributed by atoms with van der Waals surface area (Å²) in [7, 11) is -4.01. The molecule has 2 aromatic carbocycles. The molecule has 2 aromatic rings. The lowest BCUT2D eigenvalue weighted by atomic mass is 10.0. The van der Waals surface area contributed by atoms with Gasteiger partial charge < -0.3 is 10.1 Å². The molecule has 0 bridgehead atoms. The third-order valence-electron chi connectivity index (χ3n) is 4.08. The van der Waals surface area contributed by atoms with Crippen molar-refractivity contribution in [1.82, 2.24) is 0 Å². The summed E-state index contributed by atoms with van der Waals surface area (Å²) in [5.41, 5.74) is 2.47. The van der Waals surface area contributed by atoms with Gasteiger partial charge in [-0.05, 0) is 42.2 Å². The fourth-order valence-corrected chi connectivity index (χ4v) is 3.36. The summed E-state index contributed by atoms with van der Waals surface area (Å²) in [5.74, 6) is -1.44. The van der Waals surface area contributed by atoms with Crippen molar-refractivity contribution in [2.45, 2.75) is 31.6 Å². The standard InChI is InChI=1S/C19H21ClN2O5S/c1-3-12-6-5-7-13(4-2)18(12)22-17(23)11-27-19(24)15-10-14(28(21,25)26)8-9-16(15)20/h5-10H,3-4,11H2,1-2H3,(H,22,23)(H2,21,25,26). The van der Waals surface area contributed by atoms with Gasteiger partial charge in [-0.1, -0.05) is 43.6 Å². The summed E-state index contributed by atoms with van der Waals surface area (Å²) in [4.78, 5) is 24.2. The molecule has 7 nitrogen and oxygen atoms in total. The molecular formula is C19H21ClN2O5S. The number of hydrogen-bond acceptors (Lipinski definition) is 5. The Morgan fingerprint density at radius 3 is 2.25 bits per heavy atom. The number of nitrogens with two attached hydrogens (primary N) is 1. The molecule has 0 unspecified atom stereocenters. The Labute approximate surface area is 168 Å². The van der Waals surface area contributed by atoms with Crippen LogP contribution >= 0.6 is 11.6 Å². The van der Waals surface area contributed by atoms with E-state index in [2.05, 4.69) is 5.32 Å². The molecule has 9 heteroatoms. The highest BCUT2D eigenvalue weighted by molar-refractivity contribution is 7.89. The number of hydrogen-bond donors (Lipinski definition) is 2. The first-order valence-electron chi connectivity index (χ1n) is 8.57. The van der Waals surface area contributed by atoms with E-state index in [0.717, 1.165) is 30.0 Å². The Morgan fingerprint density at radius 2 is 1.71 bits per heavy atom. The zero-order valence-corrected chi connectivity index (χ0v) is 17.1. The van der Waals surface area contributed by atoms with Crippen LogP contribution in [0.1, 0.15) is 35.3 Å². The summed E-state index contributed by atoms with van der Waals surface area (Å²) >= 11 is 5.93. The van der Waals surface area contributed by atoms with Crippen molar-refractivity contribution >= 4 is 39.2 Å². The Balaban J connectivity index is 2.11. The van der Waals surface area contributed by atoms with Crippen molar-refractivity contribution < 1.29 is 22.7 Å². The lowest BCUT2D eigenvalue weighted by Crippen LogP contribution is -2.22. The van der Waals surface area contributed by atoms with Crippen LogP contribution in [-0.4, -0.2) is 26.9 Å². The van der Waals surface area contributed by atoms with Crippen molar-refractivity contribution in [1.29, 1.82) is 0 Å². The van der Waals surface area contributed by atoms with Gasteiger partial charge in [0.15, 0.2) is 6.61 Å². The maximum absolute atomic E-state index is 12.3. The molecule has 0 atom stereocenters. The minimum atomic E-state index is -4.01. The highest BCUT2D eigenvalue weighted by Crippen LogP contribution is 2.23. The van der Waals surface area contributed by atoms with Gasteiger partial charge in [0.1, 0.15) is 0 Å². The van der Waals surface area contributed by atoms with Gasteiger partial charge in [0, 0.05) is 5.69 Å². The Bertz CT molecular complexity index is 983. The van der Waals surface area contributed by atoms with E-state index in [9.17, 15) is 18.0 Å². The van der Waals surface area contributed by atoms with Crippen molar-refractivity contribution in [3.05, 3.63) is 58.1 Å². The number of halogens is 1. The van der Waals surface area contributed by atoms with E-state index in [1.165, 1.54) is 12.1 Å². The first-order chi connectivity index (χ1) is 13.2. The molecule has 1 amide bonds. The van der Waals surface area contributed by atoms with E-state index in [1.54, 1.807) is 0 Å². The van der Waals surface area contributed by atoms with Crippen molar-refractivity contribution in [3.63, 3.8) is 0 Å². The summed E-state index contributed by atoms with van der Waals surface area (Å²) in [6.45, 7) is 3.41. The monoisotopic (exact) mass is 424 g/mol. The molecule has 2 rings (SSSR count). The number of rotatable bonds is 7. The van der Waals surface area contributed by atoms with Crippen LogP contribution in [0.25, 0.3) is 0 Å². The minimum absolute atomic E-state index is 0.0117. The van der Waals surface area contributed by atoms with E-state index in [1.807, 2.05) is 32.0 Å². The van der Waals surface area contributed by atoms with Crippen LogP contribution in [0.15, 0.2) is 41.3 Å². The van der Waals surface area contributed by atoms with Crippen LogP contribution in [0.5, 0.6) is 0 Å². The van der Waals surface area contributed by atoms with Crippen molar-refractivity contribution in [3.8, 4) is 0 Å². The fraction of sp³-hybridized carbons (Fsp3) is 0.263. The molecule has 0 saturated heterocycles. The normalized spacial score (nSPS) is 11.1. The lowest BCUT2D eigenvalue weighted by Gasteiger charge is -2.14. The Morgan fingerprint density at radius 1 is 1.11 bits per heavy atom. The molecule has 0 aliphatic carbocycles. The van der Waals surface area contributed by atoms with Crippen LogP contribution < -0.4 is 10.5 Å². The number of ether oxygens (including phenoxy) is 1. The number of esters is 1. The van der Waals surface area contributed by atoms with Crippen molar-refractivity contribution in [2.75, 3.05) is 11.9 Å². The molecule has 0 heterocycles. The van der Waals surface area contributed by atoms with Crippen LogP contribution in [0.3, 0.4) is 0 Å². The summed E-state index contributed by atoms with van der Waals surface area (Å²) in [5, 5.41) is 7.81. The Hall–Kier alpha value is -2.42. The summed E-state index contributed by atoms with van der Waals surface area (Å²) in [6, 6.07) is 9.17. The number of nitrogens with one attached hydrogen (secondary N) is 1. The molecule has 0 aliphatic heterocycles. The summed E-state index contributed by atoms with van der Waals surface area (Å²) < 4.78 is 27.8. The van der Waals surface area contributed by atoms with Gasteiger partial charge in [0.2, 0.25) is 10.0 Å². The number of anilines is 1. The number of benzene rings is 2. The van der Waals surface area contributed by atoms with Gasteiger partial charge in [-0.2, -0.15) is 0 Å². The van der Waals surface area contributed by atoms with Crippen LogP contribution in [0, 0.1) is 0 Å². The zero-order valence-electron chi connectivity index (χ0n) is 15.5. The van der Waals surface area contributed by atoms with Crippen LogP contribution in [-0.2, 0) is 32.4 Å². The molecule has 0 spiro atoms. The lowest BCUT2D eigenvalue weighted by molar-refractivity contribution is -0.119. The number of amides is 1. The topological polar surface area (TPSA) is 116 Å². The highest BCUT2D eigenvalue weighted by atomic mass is 35.5. The van der Waals surface area contributed by atoms with Crippen LogP contribution in [0.4, 0.5) is 5.69 Å². The second kappa shape index (κ2) is 9.18. The van der Waals surface area contributed by atoms with Gasteiger partial charge in [-0.25, -0.2) is 18.4 Å². The second-order valence-corrected chi connectivity index (χ2v) is 7.94. The van der Waals surface area contributed by atoms with Gasteiger partial charge in [0.25, 0.3) is 5.91 Å². The SMILES string of the molecule is CCc1cccc(CC)c1NC(=O)COC(=O)c1cc(S(N)(=O)=O)ccc1Cl. The third-order valence-corrected chi connectivity index (χ3v) is 5.32. The van der Waals surface area contributed by atoms with E-state index in [4.69, 9.17) is 21.5 Å². The Kier molecular flexibility index (Phi) is 7.17. The number of primary sulfonamides is 1. The fourth-order valence-electron chi connectivity index (χ4n) is 2.63. The molecule has 150 valence electrons. The van der Waals surface area contributed by atoms with Gasteiger partial charge in [-0.3, -0.25) is 4.79 Å². The molecule has 0 aromatic heterocycles. The number of aryl methyl sites for hydroxylation is 2. The zero-order chi connectivity index (χ0) is 20.9. The maximum Gasteiger partial charge on any atom is 0.340 e. The molecule has 0 fully saturated rings. The van der Waals surface area contributed by atoms with E-state index in [-0.39, 0.29) is 15.5 Å². The first kappa shape index (κ1) is 21.9. The molecule has 0 saturated carbocycles. The minimum Gasteiger partial charge on any atom is -0.452 e. The molecule has 0 aliphatic rings.